The zero-order valence-corrected chi connectivity index (χ0v) is 15.8. The topological polar surface area (TPSA) is 44.6 Å². The SMILES string of the molecule is Cc1ccc([C@@H]2N=C(c3ccc(Cl)cc3)C[C@H](c3ccccc3O)N2)cc1. The van der Waals surface area contributed by atoms with E-state index in [4.69, 9.17) is 16.6 Å². The molecule has 0 unspecified atom stereocenters. The van der Waals surface area contributed by atoms with Crippen molar-refractivity contribution in [2.24, 2.45) is 4.99 Å². The fourth-order valence-electron chi connectivity index (χ4n) is 3.42. The molecule has 0 saturated heterocycles. The molecule has 2 N–H and O–H groups in total. The molecule has 0 aliphatic carbocycles. The lowest BCUT2D eigenvalue weighted by Gasteiger charge is -2.31. The number of hydrogen-bond acceptors (Lipinski definition) is 3. The minimum absolute atomic E-state index is 0.0271. The summed E-state index contributed by atoms with van der Waals surface area (Å²) in [5.41, 5.74) is 5.26. The largest absolute Gasteiger partial charge is 0.508 e. The van der Waals surface area contributed by atoms with Crippen LogP contribution in [0.4, 0.5) is 0 Å². The van der Waals surface area contributed by atoms with Gasteiger partial charge in [0, 0.05) is 28.8 Å². The lowest BCUT2D eigenvalue weighted by atomic mass is 9.93. The average molecular weight is 377 g/mol. The number of nitrogens with zero attached hydrogens (tertiary/aromatic N) is 1. The summed E-state index contributed by atoms with van der Waals surface area (Å²) < 4.78 is 0. The van der Waals surface area contributed by atoms with Crippen molar-refractivity contribution in [1.82, 2.24) is 5.32 Å². The Morgan fingerprint density at radius 1 is 0.963 bits per heavy atom. The third-order valence-electron chi connectivity index (χ3n) is 4.92. The van der Waals surface area contributed by atoms with Crippen LogP contribution in [0, 0.1) is 6.92 Å². The summed E-state index contributed by atoms with van der Waals surface area (Å²) >= 11 is 6.05. The lowest BCUT2D eigenvalue weighted by Crippen LogP contribution is -2.33. The standard InChI is InChI=1S/C23H21ClN2O/c1-15-6-8-17(9-7-15)23-25-20(16-10-12-18(24)13-11-16)14-21(26-23)19-4-2-3-5-22(19)27/h2-13,21,23,26-27H,14H2,1H3/t21-,23-/m1/s1. The van der Waals surface area contributed by atoms with E-state index in [2.05, 4.69) is 36.5 Å². The van der Waals surface area contributed by atoms with E-state index in [1.54, 1.807) is 6.07 Å². The van der Waals surface area contributed by atoms with E-state index in [1.807, 2.05) is 42.5 Å². The molecule has 4 rings (SSSR count). The number of aliphatic imine (C=N–C) groups is 1. The van der Waals surface area contributed by atoms with Crippen LogP contribution in [0.2, 0.25) is 5.02 Å². The van der Waals surface area contributed by atoms with E-state index in [0.717, 1.165) is 22.4 Å². The van der Waals surface area contributed by atoms with Gasteiger partial charge in [-0.05, 0) is 36.2 Å². The highest BCUT2D eigenvalue weighted by molar-refractivity contribution is 6.30. The Morgan fingerprint density at radius 2 is 1.67 bits per heavy atom. The molecule has 3 nitrogen and oxygen atoms in total. The Balaban J connectivity index is 1.75. The van der Waals surface area contributed by atoms with Gasteiger partial charge in [0.1, 0.15) is 11.9 Å². The first-order chi connectivity index (χ1) is 13.1. The van der Waals surface area contributed by atoms with Gasteiger partial charge in [-0.15, -0.1) is 0 Å². The number of phenols is 1. The summed E-state index contributed by atoms with van der Waals surface area (Å²) in [4.78, 5) is 4.97. The number of halogens is 1. The summed E-state index contributed by atoms with van der Waals surface area (Å²) in [5.74, 6) is 0.301. The normalized spacial score (nSPS) is 19.6. The van der Waals surface area contributed by atoms with Crippen LogP contribution >= 0.6 is 11.6 Å². The zero-order chi connectivity index (χ0) is 18.8. The fraction of sp³-hybridized carbons (Fsp3) is 0.174. The average Bonchev–Trinajstić information content (AvgIpc) is 2.69. The smallest absolute Gasteiger partial charge is 0.126 e. The molecule has 0 saturated carbocycles. The van der Waals surface area contributed by atoms with Crippen molar-refractivity contribution in [2.75, 3.05) is 0 Å². The molecule has 0 aromatic heterocycles. The van der Waals surface area contributed by atoms with Crippen molar-refractivity contribution in [1.29, 1.82) is 0 Å². The second kappa shape index (κ2) is 7.55. The Hall–Kier alpha value is -2.62. The Labute approximate surface area is 164 Å². The maximum atomic E-state index is 10.4. The number of hydrogen-bond donors (Lipinski definition) is 2. The minimum atomic E-state index is -0.172. The molecule has 1 aliphatic rings. The van der Waals surface area contributed by atoms with Crippen LogP contribution in [0.25, 0.3) is 0 Å². The number of nitrogens with one attached hydrogen (secondary N) is 1. The predicted molar refractivity (Wildman–Crippen MR) is 111 cm³/mol. The first-order valence-electron chi connectivity index (χ1n) is 9.03. The molecule has 4 heteroatoms. The van der Waals surface area contributed by atoms with Crippen molar-refractivity contribution in [3.8, 4) is 5.75 Å². The first-order valence-corrected chi connectivity index (χ1v) is 9.41. The number of aromatic hydroxyl groups is 1. The first kappa shape index (κ1) is 17.8. The van der Waals surface area contributed by atoms with Gasteiger partial charge in [-0.25, -0.2) is 0 Å². The Kier molecular flexibility index (Phi) is 4.97. The fourth-order valence-corrected chi connectivity index (χ4v) is 3.55. The summed E-state index contributed by atoms with van der Waals surface area (Å²) in [5, 5.41) is 14.6. The minimum Gasteiger partial charge on any atom is -0.508 e. The lowest BCUT2D eigenvalue weighted by molar-refractivity contribution is 0.412. The predicted octanol–water partition coefficient (Wildman–Crippen LogP) is 5.58. The zero-order valence-electron chi connectivity index (χ0n) is 15.1. The highest BCUT2D eigenvalue weighted by atomic mass is 35.5. The van der Waals surface area contributed by atoms with Crippen LogP contribution in [0.1, 0.15) is 40.9 Å². The number of para-hydroxylation sites is 1. The molecule has 1 heterocycles. The van der Waals surface area contributed by atoms with Crippen molar-refractivity contribution in [2.45, 2.75) is 25.6 Å². The quantitative estimate of drug-likeness (QED) is 0.627. The van der Waals surface area contributed by atoms with Crippen LogP contribution in [-0.2, 0) is 0 Å². The Morgan fingerprint density at radius 3 is 2.37 bits per heavy atom. The van der Waals surface area contributed by atoms with Crippen molar-refractivity contribution in [3.05, 3.63) is 100 Å². The van der Waals surface area contributed by atoms with E-state index < -0.39 is 0 Å². The molecule has 3 aromatic rings. The van der Waals surface area contributed by atoms with Crippen LogP contribution < -0.4 is 5.32 Å². The van der Waals surface area contributed by atoms with E-state index >= 15 is 0 Å². The number of aryl methyl sites for hydroxylation is 1. The maximum absolute atomic E-state index is 10.4. The van der Waals surface area contributed by atoms with Gasteiger partial charge in [-0.1, -0.05) is 71.8 Å². The third-order valence-corrected chi connectivity index (χ3v) is 5.18. The summed E-state index contributed by atoms with van der Waals surface area (Å²) in [7, 11) is 0. The highest BCUT2D eigenvalue weighted by Gasteiger charge is 2.27. The number of rotatable bonds is 3. The van der Waals surface area contributed by atoms with Crippen LogP contribution in [0.5, 0.6) is 5.75 Å². The Bertz CT molecular complexity index is 964. The molecular formula is C23H21ClN2O. The molecule has 136 valence electrons. The van der Waals surface area contributed by atoms with Gasteiger partial charge in [-0.3, -0.25) is 10.3 Å². The molecule has 27 heavy (non-hydrogen) atoms. The second-order valence-corrected chi connectivity index (χ2v) is 7.31. The van der Waals surface area contributed by atoms with Gasteiger partial charge >= 0.3 is 0 Å². The van der Waals surface area contributed by atoms with Crippen molar-refractivity contribution < 1.29 is 5.11 Å². The van der Waals surface area contributed by atoms with Gasteiger partial charge in [0.05, 0.1) is 0 Å². The van der Waals surface area contributed by atoms with E-state index in [1.165, 1.54) is 5.56 Å². The highest BCUT2D eigenvalue weighted by Crippen LogP contribution is 2.34. The third kappa shape index (κ3) is 3.90. The molecule has 3 aromatic carbocycles. The van der Waals surface area contributed by atoms with E-state index in [-0.39, 0.29) is 12.2 Å². The van der Waals surface area contributed by atoms with Crippen LogP contribution in [0.15, 0.2) is 77.8 Å². The number of phenolic OH excluding ortho intramolecular Hbond substituents is 1. The second-order valence-electron chi connectivity index (χ2n) is 6.88. The molecule has 0 radical (unpaired) electrons. The van der Waals surface area contributed by atoms with E-state index in [0.29, 0.717) is 17.2 Å². The van der Waals surface area contributed by atoms with Gasteiger partial charge in [0.25, 0.3) is 0 Å². The molecule has 1 aliphatic heterocycles. The van der Waals surface area contributed by atoms with Crippen molar-refractivity contribution >= 4 is 17.3 Å². The summed E-state index contributed by atoms with van der Waals surface area (Å²) in [6, 6.07) is 23.6. The van der Waals surface area contributed by atoms with E-state index in [9.17, 15) is 5.11 Å². The number of benzene rings is 3. The van der Waals surface area contributed by atoms with Crippen LogP contribution in [-0.4, -0.2) is 10.8 Å². The summed E-state index contributed by atoms with van der Waals surface area (Å²) in [6.45, 7) is 2.07. The molecule has 0 spiro atoms. The molecule has 0 amide bonds. The van der Waals surface area contributed by atoms with Gasteiger partial charge < -0.3 is 5.11 Å². The maximum Gasteiger partial charge on any atom is 0.126 e. The van der Waals surface area contributed by atoms with Gasteiger partial charge in [-0.2, -0.15) is 0 Å². The molecular weight excluding hydrogens is 356 g/mol. The summed E-state index contributed by atoms with van der Waals surface area (Å²) in [6.07, 6.45) is 0.524. The van der Waals surface area contributed by atoms with Gasteiger partial charge in [0.15, 0.2) is 0 Å². The molecule has 0 bridgehead atoms. The van der Waals surface area contributed by atoms with Crippen LogP contribution in [0.3, 0.4) is 0 Å². The van der Waals surface area contributed by atoms with Gasteiger partial charge in [0.2, 0.25) is 0 Å². The molecule has 2 atom stereocenters. The monoisotopic (exact) mass is 376 g/mol. The van der Waals surface area contributed by atoms with Crippen molar-refractivity contribution in [3.63, 3.8) is 0 Å². The molecule has 0 fully saturated rings.